The van der Waals surface area contributed by atoms with Crippen LogP contribution in [0.2, 0.25) is 0 Å². The van der Waals surface area contributed by atoms with Crippen LogP contribution in [0.15, 0.2) is 22.7 Å². The van der Waals surface area contributed by atoms with Crippen LogP contribution in [-0.2, 0) is 0 Å². The number of hydrogen-bond donors (Lipinski definition) is 1. The van der Waals surface area contributed by atoms with Crippen molar-refractivity contribution in [2.45, 2.75) is 6.92 Å². The number of halogens is 1. The van der Waals surface area contributed by atoms with Gasteiger partial charge in [0.1, 0.15) is 0 Å². The molecule has 0 bridgehead atoms. The second-order valence-corrected chi connectivity index (χ2v) is 5.68. The Morgan fingerprint density at radius 3 is 2.78 bits per heavy atom. The summed E-state index contributed by atoms with van der Waals surface area (Å²) in [5.41, 5.74) is 7.82. The molecule has 18 heavy (non-hydrogen) atoms. The van der Waals surface area contributed by atoms with E-state index in [-0.39, 0.29) is 6.03 Å². The van der Waals surface area contributed by atoms with Gasteiger partial charge in [-0.05, 0) is 47.1 Å². The minimum atomic E-state index is 0.0317. The van der Waals surface area contributed by atoms with Gasteiger partial charge < -0.3 is 10.6 Å². The van der Waals surface area contributed by atoms with Crippen molar-refractivity contribution in [3.8, 4) is 0 Å². The molecule has 1 aliphatic rings. The fourth-order valence-corrected chi connectivity index (χ4v) is 2.95. The maximum absolute atomic E-state index is 12.2. The van der Waals surface area contributed by atoms with Crippen molar-refractivity contribution in [2.75, 3.05) is 31.6 Å². The lowest BCUT2D eigenvalue weighted by Gasteiger charge is -2.38. The van der Waals surface area contributed by atoms with Crippen LogP contribution < -0.4 is 10.6 Å². The fourth-order valence-electron chi connectivity index (χ4n) is 2.25. The number of carbonyl (C=O) groups excluding carboxylic acids is 1. The smallest absolute Gasteiger partial charge is 0.324 e. The van der Waals surface area contributed by atoms with Crippen LogP contribution in [0, 0.1) is 12.8 Å². The molecule has 0 saturated carbocycles. The highest BCUT2D eigenvalue weighted by Gasteiger charge is 2.30. The summed E-state index contributed by atoms with van der Waals surface area (Å²) < 4.78 is 0.946. The minimum Gasteiger partial charge on any atom is -0.330 e. The number of benzene rings is 1. The van der Waals surface area contributed by atoms with Gasteiger partial charge in [0.15, 0.2) is 0 Å². The molecule has 1 fully saturated rings. The summed E-state index contributed by atoms with van der Waals surface area (Å²) in [4.78, 5) is 15.7. The average molecular weight is 312 g/mol. The monoisotopic (exact) mass is 311 g/mol. The highest BCUT2D eigenvalue weighted by Crippen LogP contribution is 2.30. The van der Waals surface area contributed by atoms with Crippen molar-refractivity contribution >= 4 is 27.6 Å². The van der Waals surface area contributed by atoms with E-state index in [0.717, 1.165) is 16.7 Å². The zero-order chi connectivity index (χ0) is 13.3. The lowest BCUT2D eigenvalue weighted by molar-refractivity contribution is 0.194. The van der Waals surface area contributed by atoms with Gasteiger partial charge in [0.25, 0.3) is 0 Å². The molecule has 1 aliphatic heterocycles. The Morgan fingerprint density at radius 2 is 2.17 bits per heavy atom. The van der Waals surface area contributed by atoms with Crippen LogP contribution in [-0.4, -0.2) is 37.6 Å². The van der Waals surface area contributed by atoms with E-state index in [1.54, 1.807) is 9.80 Å². The van der Waals surface area contributed by atoms with E-state index >= 15 is 0 Å². The highest BCUT2D eigenvalue weighted by atomic mass is 79.9. The molecule has 2 amide bonds. The van der Waals surface area contributed by atoms with E-state index in [9.17, 15) is 4.79 Å². The van der Waals surface area contributed by atoms with Crippen molar-refractivity contribution in [3.05, 3.63) is 28.2 Å². The van der Waals surface area contributed by atoms with Gasteiger partial charge in [-0.25, -0.2) is 4.79 Å². The molecule has 0 aliphatic carbocycles. The Balaban J connectivity index is 2.32. The van der Waals surface area contributed by atoms with Crippen LogP contribution in [0.1, 0.15) is 5.56 Å². The van der Waals surface area contributed by atoms with Gasteiger partial charge in [-0.15, -0.1) is 0 Å². The van der Waals surface area contributed by atoms with Crippen LogP contribution in [0.25, 0.3) is 0 Å². The normalized spacial score (nSPS) is 20.4. The third kappa shape index (κ3) is 2.52. The Morgan fingerprint density at radius 1 is 1.44 bits per heavy atom. The summed E-state index contributed by atoms with van der Waals surface area (Å²) in [6, 6.07) is 6.04. The average Bonchev–Trinajstić information content (AvgIpc) is 2.33. The topological polar surface area (TPSA) is 49.6 Å². The van der Waals surface area contributed by atoms with Gasteiger partial charge in [-0.3, -0.25) is 4.90 Å². The number of nitrogens with zero attached hydrogens (tertiary/aromatic N) is 2. The second-order valence-electron chi connectivity index (χ2n) is 4.83. The lowest BCUT2D eigenvalue weighted by Crippen LogP contribution is -2.53. The van der Waals surface area contributed by atoms with Gasteiger partial charge in [0.2, 0.25) is 0 Å². The number of carbonyl (C=O) groups is 1. The second kappa shape index (κ2) is 5.28. The predicted octanol–water partition coefficient (Wildman–Crippen LogP) is 2.20. The molecule has 1 unspecified atom stereocenters. The minimum absolute atomic E-state index is 0.0317. The summed E-state index contributed by atoms with van der Waals surface area (Å²) in [7, 11) is 1.82. The van der Waals surface area contributed by atoms with Crippen LogP contribution in [0.3, 0.4) is 0 Å². The third-order valence-electron chi connectivity index (χ3n) is 3.26. The Labute approximate surface area is 116 Å². The summed E-state index contributed by atoms with van der Waals surface area (Å²) in [6.07, 6.45) is 0. The molecule has 0 spiro atoms. The molecule has 1 aromatic rings. The number of aryl methyl sites for hydroxylation is 1. The SMILES string of the molecule is Cc1ccc(N2CC(CN)CN(C)C2=O)c(Br)c1. The maximum Gasteiger partial charge on any atom is 0.324 e. The molecule has 2 N–H and O–H groups in total. The molecular formula is C13H18BrN3O. The zero-order valence-corrected chi connectivity index (χ0v) is 12.3. The predicted molar refractivity (Wildman–Crippen MR) is 76.8 cm³/mol. The standard InChI is InChI=1S/C13H18BrN3O/c1-9-3-4-12(11(14)5-9)17-8-10(6-15)7-16(2)13(17)18/h3-5,10H,6-8,15H2,1-2H3. The first-order chi connectivity index (χ1) is 8.52. The number of amides is 2. The van der Waals surface area contributed by atoms with Crippen molar-refractivity contribution in [2.24, 2.45) is 11.7 Å². The first-order valence-electron chi connectivity index (χ1n) is 6.01. The number of urea groups is 1. The lowest BCUT2D eigenvalue weighted by atomic mass is 10.1. The molecule has 1 saturated heterocycles. The molecule has 0 radical (unpaired) electrons. The quantitative estimate of drug-likeness (QED) is 0.910. The van der Waals surface area contributed by atoms with Gasteiger partial charge in [-0.1, -0.05) is 6.07 Å². The van der Waals surface area contributed by atoms with E-state index in [1.165, 1.54) is 5.56 Å². The summed E-state index contributed by atoms with van der Waals surface area (Å²) in [6.45, 7) is 4.04. The third-order valence-corrected chi connectivity index (χ3v) is 3.89. The summed E-state index contributed by atoms with van der Waals surface area (Å²) >= 11 is 3.53. The molecule has 2 rings (SSSR count). The number of anilines is 1. The van der Waals surface area contributed by atoms with Crippen molar-refractivity contribution in [1.29, 1.82) is 0 Å². The van der Waals surface area contributed by atoms with Gasteiger partial charge in [0, 0.05) is 30.5 Å². The Kier molecular flexibility index (Phi) is 3.92. The van der Waals surface area contributed by atoms with Crippen LogP contribution in [0.4, 0.5) is 10.5 Å². The Hall–Kier alpha value is -1.07. The zero-order valence-electron chi connectivity index (χ0n) is 10.7. The first kappa shape index (κ1) is 13.4. The molecule has 4 nitrogen and oxygen atoms in total. The number of hydrogen-bond acceptors (Lipinski definition) is 2. The van der Waals surface area contributed by atoms with Crippen LogP contribution in [0.5, 0.6) is 0 Å². The van der Waals surface area contributed by atoms with E-state index < -0.39 is 0 Å². The van der Waals surface area contributed by atoms with Crippen LogP contribution >= 0.6 is 15.9 Å². The largest absolute Gasteiger partial charge is 0.330 e. The fraction of sp³-hybridized carbons (Fsp3) is 0.462. The molecule has 98 valence electrons. The van der Waals surface area contributed by atoms with Gasteiger partial charge in [0.05, 0.1) is 5.69 Å². The molecule has 5 heteroatoms. The number of rotatable bonds is 2. The summed E-state index contributed by atoms with van der Waals surface area (Å²) in [5.74, 6) is 0.320. The van der Waals surface area contributed by atoms with E-state index in [0.29, 0.717) is 19.0 Å². The molecular weight excluding hydrogens is 294 g/mol. The molecule has 1 atom stereocenters. The van der Waals surface area contributed by atoms with E-state index in [1.807, 2.05) is 32.2 Å². The van der Waals surface area contributed by atoms with Gasteiger partial charge in [-0.2, -0.15) is 0 Å². The molecule has 0 aromatic heterocycles. The van der Waals surface area contributed by atoms with E-state index in [2.05, 4.69) is 15.9 Å². The van der Waals surface area contributed by atoms with Crippen molar-refractivity contribution in [3.63, 3.8) is 0 Å². The molecule has 1 aromatic carbocycles. The van der Waals surface area contributed by atoms with E-state index in [4.69, 9.17) is 5.73 Å². The highest BCUT2D eigenvalue weighted by molar-refractivity contribution is 9.10. The first-order valence-corrected chi connectivity index (χ1v) is 6.81. The van der Waals surface area contributed by atoms with Gasteiger partial charge >= 0.3 is 6.03 Å². The Bertz CT molecular complexity index is 464. The number of nitrogens with two attached hydrogens (primary N) is 1. The molecule has 1 heterocycles. The van der Waals surface area contributed by atoms with Crippen molar-refractivity contribution < 1.29 is 4.79 Å². The maximum atomic E-state index is 12.2. The van der Waals surface area contributed by atoms with Crippen molar-refractivity contribution in [1.82, 2.24) is 4.90 Å². The summed E-state index contributed by atoms with van der Waals surface area (Å²) in [5, 5.41) is 0.